The number of hydrogen-bond acceptors (Lipinski definition) is 3. The number of benzene rings is 2. The lowest BCUT2D eigenvalue weighted by Crippen LogP contribution is -2.42. The van der Waals surface area contributed by atoms with Gasteiger partial charge < -0.3 is 10.1 Å². The standard InChI is InChI=1S/C19H14F6N2O4S/c20-18(21,22)11-6-12(19(23,24)25)8-13(7-11)32(30,31)27-16(17(28)29)5-10-9-26-15-4-2-1-3-14(10)15/h1-4,6-9,16,26-27H,5H2,(H,28,29)/t16-/m0/s1. The zero-order valence-electron chi connectivity index (χ0n) is 15.8. The Morgan fingerprint density at radius 2 is 1.56 bits per heavy atom. The Labute approximate surface area is 176 Å². The minimum Gasteiger partial charge on any atom is -0.480 e. The molecule has 3 N–H and O–H groups in total. The molecule has 0 aliphatic carbocycles. The Hall–Kier alpha value is -3.06. The highest BCUT2D eigenvalue weighted by Crippen LogP contribution is 2.37. The number of alkyl halides is 6. The predicted molar refractivity (Wildman–Crippen MR) is 100 cm³/mol. The van der Waals surface area contributed by atoms with E-state index in [1.807, 2.05) is 0 Å². The molecule has 0 saturated carbocycles. The van der Waals surface area contributed by atoms with Gasteiger partial charge in [-0.05, 0) is 29.8 Å². The lowest BCUT2D eigenvalue weighted by atomic mass is 10.1. The Kier molecular flexibility index (Phi) is 6.00. The smallest absolute Gasteiger partial charge is 0.416 e. The van der Waals surface area contributed by atoms with Gasteiger partial charge in [0.25, 0.3) is 0 Å². The Morgan fingerprint density at radius 1 is 1.00 bits per heavy atom. The van der Waals surface area contributed by atoms with E-state index in [9.17, 15) is 44.7 Å². The number of H-pyrrole nitrogens is 1. The molecule has 1 atom stereocenters. The molecule has 6 nitrogen and oxygen atoms in total. The van der Waals surface area contributed by atoms with Gasteiger partial charge in [-0.3, -0.25) is 4.79 Å². The molecule has 13 heteroatoms. The van der Waals surface area contributed by atoms with Crippen molar-refractivity contribution in [2.75, 3.05) is 0 Å². The zero-order chi connectivity index (χ0) is 23.9. The van der Waals surface area contributed by atoms with E-state index >= 15 is 0 Å². The molecule has 0 fully saturated rings. The molecule has 0 aliphatic rings. The molecule has 1 heterocycles. The summed E-state index contributed by atoms with van der Waals surface area (Å²) < 4.78 is 105. The molecule has 1 aromatic heterocycles. The molecular weight excluding hydrogens is 466 g/mol. The van der Waals surface area contributed by atoms with Crippen molar-refractivity contribution in [3.05, 3.63) is 65.4 Å². The van der Waals surface area contributed by atoms with Crippen molar-refractivity contribution in [2.24, 2.45) is 0 Å². The topological polar surface area (TPSA) is 99.3 Å². The van der Waals surface area contributed by atoms with E-state index < -0.39 is 56.8 Å². The van der Waals surface area contributed by atoms with E-state index in [2.05, 4.69) is 4.98 Å². The number of nitrogens with one attached hydrogen (secondary N) is 2. The molecule has 3 rings (SSSR count). The maximum absolute atomic E-state index is 13.0. The first kappa shape index (κ1) is 23.6. The van der Waals surface area contributed by atoms with Gasteiger partial charge in [0.1, 0.15) is 6.04 Å². The molecule has 0 bridgehead atoms. The highest BCUT2D eigenvalue weighted by molar-refractivity contribution is 7.89. The molecule has 0 amide bonds. The summed E-state index contributed by atoms with van der Waals surface area (Å²) in [7, 11) is -5.07. The molecular formula is C19H14F6N2O4S. The van der Waals surface area contributed by atoms with Crippen LogP contribution in [0.3, 0.4) is 0 Å². The molecule has 0 saturated heterocycles. The minimum absolute atomic E-state index is 0.0160. The second-order valence-corrected chi connectivity index (χ2v) is 8.53. The summed E-state index contributed by atoms with van der Waals surface area (Å²) in [5.74, 6) is -1.66. The average molecular weight is 480 g/mol. The van der Waals surface area contributed by atoms with Crippen LogP contribution in [-0.2, 0) is 33.6 Å². The second-order valence-electron chi connectivity index (χ2n) is 6.82. The van der Waals surface area contributed by atoms with Crippen LogP contribution in [0, 0.1) is 0 Å². The highest BCUT2D eigenvalue weighted by atomic mass is 32.2. The van der Waals surface area contributed by atoms with Crippen LogP contribution in [0.5, 0.6) is 0 Å². The van der Waals surface area contributed by atoms with Crippen LogP contribution >= 0.6 is 0 Å². The molecule has 32 heavy (non-hydrogen) atoms. The maximum atomic E-state index is 13.0. The van der Waals surface area contributed by atoms with Crippen molar-refractivity contribution in [2.45, 2.75) is 29.7 Å². The van der Waals surface area contributed by atoms with Gasteiger partial charge in [0.2, 0.25) is 10.0 Å². The summed E-state index contributed by atoms with van der Waals surface area (Å²) in [6.45, 7) is 0. The number of carbonyl (C=O) groups is 1. The number of para-hydroxylation sites is 1. The quantitative estimate of drug-likeness (QED) is 0.461. The van der Waals surface area contributed by atoms with E-state index in [0.29, 0.717) is 16.5 Å². The Morgan fingerprint density at radius 3 is 2.09 bits per heavy atom. The van der Waals surface area contributed by atoms with Crippen LogP contribution in [0.1, 0.15) is 16.7 Å². The third kappa shape index (κ3) is 5.05. The largest absolute Gasteiger partial charge is 0.480 e. The second kappa shape index (κ2) is 8.13. The van der Waals surface area contributed by atoms with Crippen molar-refractivity contribution in [1.82, 2.24) is 9.71 Å². The van der Waals surface area contributed by atoms with E-state index in [4.69, 9.17) is 0 Å². The van der Waals surface area contributed by atoms with Gasteiger partial charge in [-0.1, -0.05) is 18.2 Å². The fourth-order valence-corrected chi connectivity index (χ4v) is 4.30. The van der Waals surface area contributed by atoms with Crippen LogP contribution in [-0.4, -0.2) is 30.5 Å². The van der Waals surface area contributed by atoms with Crippen molar-refractivity contribution in [1.29, 1.82) is 0 Å². The van der Waals surface area contributed by atoms with Gasteiger partial charge in [-0.15, -0.1) is 0 Å². The summed E-state index contributed by atoms with van der Waals surface area (Å²) in [6.07, 6.45) is -9.51. The zero-order valence-corrected chi connectivity index (χ0v) is 16.6. The molecule has 2 aromatic carbocycles. The number of hydrogen-bond donors (Lipinski definition) is 3. The number of aliphatic carboxylic acids is 1. The maximum Gasteiger partial charge on any atom is 0.416 e. The summed E-state index contributed by atoms with van der Waals surface area (Å²) >= 11 is 0. The molecule has 3 aromatic rings. The summed E-state index contributed by atoms with van der Waals surface area (Å²) in [6, 6.07) is 4.62. The van der Waals surface area contributed by atoms with Gasteiger partial charge in [-0.2, -0.15) is 31.1 Å². The first-order valence-corrected chi connectivity index (χ1v) is 10.3. The van der Waals surface area contributed by atoms with Crippen molar-refractivity contribution in [3.8, 4) is 0 Å². The van der Waals surface area contributed by atoms with Gasteiger partial charge in [0, 0.05) is 23.5 Å². The van der Waals surface area contributed by atoms with Crippen LogP contribution in [0.25, 0.3) is 10.9 Å². The van der Waals surface area contributed by atoms with E-state index in [1.54, 1.807) is 29.0 Å². The first-order chi connectivity index (χ1) is 14.7. The van der Waals surface area contributed by atoms with Crippen LogP contribution in [0.2, 0.25) is 0 Å². The number of halogens is 6. The number of aromatic nitrogens is 1. The molecule has 0 spiro atoms. The first-order valence-electron chi connectivity index (χ1n) is 8.78. The predicted octanol–water partition coefficient (Wildman–Crippen LogP) is 4.18. The molecule has 0 radical (unpaired) electrons. The summed E-state index contributed by atoms with van der Waals surface area (Å²) in [4.78, 5) is 13.1. The van der Waals surface area contributed by atoms with E-state index in [-0.39, 0.29) is 18.2 Å². The Balaban J connectivity index is 1.99. The minimum atomic E-state index is -5.26. The summed E-state index contributed by atoms with van der Waals surface area (Å²) in [5.41, 5.74) is -2.66. The van der Waals surface area contributed by atoms with Crippen LogP contribution in [0.4, 0.5) is 26.3 Å². The van der Waals surface area contributed by atoms with E-state index in [0.717, 1.165) is 0 Å². The van der Waals surface area contributed by atoms with Gasteiger partial charge >= 0.3 is 18.3 Å². The van der Waals surface area contributed by atoms with E-state index in [1.165, 1.54) is 6.20 Å². The van der Waals surface area contributed by atoms with Crippen LogP contribution in [0.15, 0.2) is 53.6 Å². The highest BCUT2D eigenvalue weighted by Gasteiger charge is 2.39. The van der Waals surface area contributed by atoms with Gasteiger partial charge in [0.15, 0.2) is 0 Å². The number of aromatic amines is 1. The molecule has 172 valence electrons. The molecule has 0 aliphatic heterocycles. The third-order valence-corrected chi connectivity index (χ3v) is 6.02. The summed E-state index contributed by atoms with van der Waals surface area (Å²) in [5, 5.41) is 10.0. The number of rotatable bonds is 6. The third-order valence-electron chi connectivity index (χ3n) is 4.57. The van der Waals surface area contributed by atoms with Crippen molar-refractivity contribution < 1.29 is 44.7 Å². The monoisotopic (exact) mass is 480 g/mol. The fourth-order valence-electron chi connectivity index (χ4n) is 3.04. The Bertz CT molecular complexity index is 1230. The fraction of sp³-hybridized carbons (Fsp3) is 0.211. The van der Waals surface area contributed by atoms with Crippen LogP contribution < -0.4 is 4.72 Å². The average Bonchev–Trinajstić information content (AvgIpc) is 3.08. The number of carboxylic acid groups (broad SMARTS) is 1. The SMILES string of the molecule is O=C(O)[C@H](Cc1c[nH]c2ccccc12)NS(=O)(=O)c1cc(C(F)(F)F)cc(C(F)(F)F)c1. The number of fused-ring (bicyclic) bond motifs is 1. The normalized spacial score (nSPS) is 13.9. The number of carboxylic acids is 1. The van der Waals surface area contributed by atoms with Crippen molar-refractivity contribution >= 4 is 26.9 Å². The molecule has 0 unspecified atom stereocenters. The van der Waals surface area contributed by atoms with Gasteiger partial charge in [0.05, 0.1) is 16.0 Å². The lowest BCUT2D eigenvalue weighted by molar-refractivity contribution is -0.143. The van der Waals surface area contributed by atoms with Crippen molar-refractivity contribution in [3.63, 3.8) is 0 Å². The van der Waals surface area contributed by atoms with Gasteiger partial charge in [-0.25, -0.2) is 8.42 Å². The lowest BCUT2D eigenvalue weighted by Gasteiger charge is -2.17. The number of sulfonamides is 1.